The molecule has 0 aliphatic carbocycles. The second-order valence-corrected chi connectivity index (χ2v) is 6.60. The van der Waals surface area contributed by atoms with Crippen molar-refractivity contribution in [3.63, 3.8) is 0 Å². The summed E-state index contributed by atoms with van der Waals surface area (Å²) in [6.45, 7) is 2.63. The molecule has 1 aromatic heterocycles. The Labute approximate surface area is 131 Å². The normalized spacial score (nSPS) is 10.9. The zero-order valence-electron chi connectivity index (χ0n) is 10.8. The molecule has 3 aromatic rings. The summed E-state index contributed by atoms with van der Waals surface area (Å²) in [6, 6.07) is 13.6. The van der Waals surface area contributed by atoms with Gasteiger partial charge in [-0.15, -0.1) is 11.3 Å². The van der Waals surface area contributed by atoms with Crippen LogP contribution in [0.1, 0.15) is 10.4 Å². The first kappa shape index (κ1) is 13.7. The predicted molar refractivity (Wildman–Crippen MR) is 87.4 cm³/mol. The number of hydrogen-bond donors (Lipinski definition) is 0. The minimum absolute atomic E-state index is 0.511. The summed E-state index contributed by atoms with van der Waals surface area (Å²) in [5.41, 5.74) is 1.22. The molecule has 0 aliphatic heterocycles. The smallest absolute Gasteiger partial charge is 0.138 e. The lowest BCUT2D eigenvalue weighted by Crippen LogP contribution is -1.96. The van der Waals surface area contributed by atoms with E-state index in [2.05, 4.69) is 25.1 Å². The lowest BCUT2D eigenvalue weighted by Gasteiger charge is -2.08. The zero-order chi connectivity index (χ0) is 14.1. The van der Waals surface area contributed by atoms with Crippen LogP contribution in [0.4, 0.5) is 0 Å². The molecule has 1 heterocycles. The van der Waals surface area contributed by atoms with E-state index in [0.717, 1.165) is 0 Å². The summed E-state index contributed by atoms with van der Waals surface area (Å²) < 4.78 is 7.12. The molecule has 2 aromatic carbocycles. The number of aryl methyl sites for hydroxylation is 1. The number of benzene rings is 2. The van der Waals surface area contributed by atoms with Crippen molar-refractivity contribution in [3.8, 4) is 5.75 Å². The maximum absolute atomic E-state index is 6.12. The average molecular weight is 323 g/mol. The molecule has 4 heteroatoms. The molecule has 0 unspecified atom stereocenters. The first-order valence-corrected chi connectivity index (χ1v) is 7.77. The van der Waals surface area contributed by atoms with Crippen LogP contribution < -0.4 is 4.74 Å². The Morgan fingerprint density at radius 3 is 2.70 bits per heavy atom. The van der Waals surface area contributed by atoms with Crippen molar-refractivity contribution < 1.29 is 4.74 Å². The highest BCUT2D eigenvalue weighted by Crippen LogP contribution is 2.33. The summed E-state index contributed by atoms with van der Waals surface area (Å²) in [7, 11) is 0. The Morgan fingerprint density at radius 2 is 1.90 bits per heavy atom. The van der Waals surface area contributed by atoms with E-state index in [1.807, 2.05) is 6.07 Å². The monoisotopic (exact) mass is 322 g/mol. The van der Waals surface area contributed by atoms with E-state index in [0.29, 0.717) is 22.4 Å². The van der Waals surface area contributed by atoms with E-state index in [1.165, 1.54) is 20.5 Å². The van der Waals surface area contributed by atoms with Crippen LogP contribution in [0.2, 0.25) is 10.0 Å². The van der Waals surface area contributed by atoms with E-state index in [4.69, 9.17) is 27.9 Å². The fourth-order valence-electron chi connectivity index (χ4n) is 2.14. The molecule has 0 saturated carbocycles. The minimum Gasteiger partial charge on any atom is -0.487 e. The van der Waals surface area contributed by atoms with Gasteiger partial charge in [-0.25, -0.2) is 0 Å². The Kier molecular flexibility index (Phi) is 3.88. The van der Waals surface area contributed by atoms with Gasteiger partial charge in [0, 0.05) is 20.2 Å². The topological polar surface area (TPSA) is 9.23 Å². The van der Waals surface area contributed by atoms with Gasteiger partial charge in [-0.1, -0.05) is 41.4 Å². The number of thiophene rings is 1. The van der Waals surface area contributed by atoms with Crippen molar-refractivity contribution in [1.82, 2.24) is 0 Å². The van der Waals surface area contributed by atoms with Gasteiger partial charge in [-0.05, 0) is 36.6 Å². The molecule has 1 nitrogen and oxygen atoms in total. The molecule has 0 atom stereocenters. The van der Waals surface area contributed by atoms with Crippen molar-refractivity contribution in [3.05, 3.63) is 63.0 Å². The second kappa shape index (κ2) is 5.65. The summed E-state index contributed by atoms with van der Waals surface area (Å²) in [5, 5.41) is 2.40. The van der Waals surface area contributed by atoms with Crippen LogP contribution in [0.3, 0.4) is 0 Å². The van der Waals surface area contributed by atoms with Crippen molar-refractivity contribution in [1.29, 1.82) is 0 Å². The Bertz CT molecular complexity index is 764. The highest BCUT2D eigenvalue weighted by molar-refractivity contribution is 7.19. The molecule has 102 valence electrons. The molecular formula is C16H12Cl2OS. The number of halogens is 2. The van der Waals surface area contributed by atoms with Crippen LogP contribution in [0.15, 0.2) is 42.5 Å². The van der Waals surface area contributed by atoms with E-state index < -0.39 is 0 Å². The molecule has 0 fully saturated rings. The lowest BCUT2D eigenvalue weighted by atomic mass is 10.1. The van der Waals surface area contributed by atoms with Crippen LogP contribution >= 0.6 is 34.5 Å². The molecule has 0 N–H and O–H groups in total. The van der Waals surface area contributed by atoms with Gasteiger partial charge in [0.25, 0.3) is 0 Å². The average Bonchev–Trinajstić information content (AvgIpc) is 2.74. The van der Waals surface area contributed by atoms with E-state index in [9.17, 15) is 0 Å². The quantitative estimate of drug-likeness (QED) is 0.566. The van der Waals surface area contributed by atoms with Crippen LogP contribution in [-0.2, 0) is 6.61 Å². The third-order valence-electron chi connectivity index (χ3n) is 3.17. The van der Waals surface area contributed by atoms with Crippen LogP contribution in [0.25, 0.3) is 10.1 Å². The summed E-state index contributed by atoms with van der Waals surface area (Å²) >= 11 is 13.8. The standard InChI is InChI=1S/C16H12Cl2OS/c1-10-13(12-4-2-3-5-16(12)20-10)9-19-15-7-6-11(17)8-14(15)18/h2-8H,9H2,1H3. The fraction of sp³-hybridized carbons (Fsp3) is 0.125. The summed E-state index contributed by atoms with van der Waals surface area (Å²) in [6.07, 6.45) is 0. The Hall–Kier alpha value is -1.22. The van der Waals surface area contributed by atoms with Crippen molar-refractivity contribution in [2.24, 2.45) is 0 Å². The number of hydrogen-bond acceptors (Lipinski definition) is 2. The molecule has 0 amide bonds. The van der Waals surface area contributed by atoms with Gasteiger partial charge in [-0.3, -0.25) is 0 Å². The third-order valence-corrected chi connectivity index (χ3v) is 4.83. The minimum atomic E-state index is 0.511. The third kappa shape index (κ3) is 2.64. The largest absolute Gasteiger partial charge is 0.487 e. The van der Waals surface area contributed by atoms with E-state index >= 15 is 0 Å². The molecule has 0 saturated heterocycles. The zero-order valence-corrected chi connectivity index (χ0v) is 13.1. The first-order chi connectivity index (χ1) is 9.65. The van der Waals surface area contributed by atoms with Crippen LogP contribution in [0.5, 0.6) is 5.75 Å². The predicted octanol–water partition coefficient (Wildman–Crippen LogP) is 6.10. The molecular weight excluding hydrogens is 311 g/mol. The van der Waals surface area contributed by atoms with Gasteiger partial charge in [0.1, 0.15) is 12.4 Å². The summed E-state index contributed by atoms with van der Waals surface area (Å²) in [4.78, 5) is 1.27. The summed E-state index contributed by atoms with van der Waals surface area (Å²) in [5.74, 6) is 0.658. The van der Waals surface area contributed by atoms with Crippen LogP contribution in [-0.4, -0.2) is 0 Å². The van der Waals surface area contributed by atoms with Crippen molar-refractivity contribution in [2.75, 3.05) is 0 Å². The molecule has 3 rings (SSSR count). The van der Waals surface area contributed by atoms with Gasteiger partial charge < -0.3 is 4.74 Å². The van der Waals surface area contributed by atoms with E-state index in [1.54, 1.807) is 29.5 Å². The fourth-order valence-corrected chi connectivity index (χ4v) is 3.68. The number of ether oxygens (including phenoxy) is 1. The second-order valence-electron chi connectivity index (χ2n) is 4.50. The van der Waals surface area contributed by atoms with Crippen LogP contribution in [0, 0.1) is 6.92 Å². The first-order valence-electron chi connectivity index (χ1n) is 6.20. The highest BCUT2D eigenvalue weighted by Gasteiger charge is 2.10. The van der Waals surface area contributed by atoms with Crippen molar-refractivity contribution >= 4 is 44.6 Å². The number of rotatable bonds is 3. The van der Waals surface area contributed by atoms with Gasteiger partial charge in [0.05, 0.1) is 5.02 Å². The van der Waals surface area contributed by atoms with Gasteiger partial charge in [0.2, 0.25) is 0 Å². The Balaban J connectivity index is 1.88. The van der Waals surface area contributed by atoms with Gasteiger partial charge in [0.15, 0.2) is 0 Å². The maximum atomic E-state index is 6.12. The molecule has 0 aliphatic rings. The van der Waals surface area contributed by atoms with Gasteiger partial charge in [-0.2, -0.15) is 0 Å². The van der Waals surface area contributed by atoms with Gasteiger partial charge >= 0.3 is 0 Å². The molecule has 0 spiro atoms. The maximum Gasteiger partial charge on any atom is 0.138 e. The molecule has 0 bridgehead atoms. The highest BCUT2D eigenvalue weighted by atomic mass is 35.5. The number of fused-ring (bicyclic) bond motifs is 1. The molecule has 20 heavy (non-hydrogen) atoms. The molecule has 0 radical (unpaired) electrons. The Morgan fingerprint density at radius 1 is 1.10 bits per heavy atom. The lowest BCUT2D eigenvalue weighted by molar-refractivity contribution is 0.307. The van der Waals surface area contributed by atoms with Crippen molar-refractivity contribution in [2.45, 2.75) is 13.5 Å². The van der Waals surface area contributed by atoms with E-state index in [-0.39, 0.29) is 0 Å². The SMILES string of the molecule is Cc1sc2ccccc2c1COc1ccc(Cl)cc1Cl.